The molecular formula is C23H24N4O4S2. The van der Waals surface area contributed by atoms with Crippen molar-refractivity contribution < 1.29 is 17.6 Å². The van der Waals surface area contributed by atoms with E-state index >= 15 is 0 Å². The Kier molecular flexibility index (Phi) is 6.08. The molecule has 0 unspecified atom stereocenters. The van der Waals surface area contributed by atoms with Gasteiger partial charge in [0.05, 0.1) is 21.7 Å². The number of rotatable bonds is 6. The Morgan fingerprint density at radius 3 is 2.42 bits per heavy atom. The first-order valence-corrected chi connectivity index (χ1v) is 12.6. The number of fused-ring (bicyclic) bond motifs is 1. The molecule has 1 N–H and O–H groups in total. The highest BCUT2D eigenvalue weighted by atomic mass is 32.2. The molecule has 10 heteroatoms. The molecule has 0 aliphatic heterocycles. The third-order valence-electron chi connectivity index (χ3n) is 5.44. The molecule has 0 aliphatic carbocycles. The predicted octanol–water partition coefficient (Wildman–Crippen LogP) is 4.85. The average molecular weight is 485 g/mol. The zero-order valence-electron chi connectivity index (χ0n) is 18.9. The average Bonchev–Trinajstić information content (AvgIpc) is 3.42. The molecule has 33 heavy (non-hydrogen) atoms. The van der Waals surface area contributed by atoms with E-state index in [1.807, 2.05) is 27.7 Å². The number of nitrogens with zero attached hydrogens (tertiary/aromatic N) is 3. The number of carbonyl (C=O) groups is 1. The summed E-state index contributed by atoms with van der Waals surface area (Å²) in [6.45, 7) is 7.37. The van der Waals surface area contributed by atoms with Crippen LogP contribution in [0.4, 0.5) is 5.69 Å². The lowest BCUT2D eigenvalue weighted by Gasteiger charge is -2.21. The topological polar surface area (TPSA) is 105 Å². The maximum absolute atomic E-state index is 13.0. The fraction of sp³-hybridized carbons (Fsp3) is 0.261. The lowest BCUT2D eigenvalue weighted by atomic mass is 10.1. The molecule has 0 fully saturated rings. The van der Waals surface area contributed by atoms with Crippen LogP contribution in [0.3, 0.4) is 0 Å². The van der Waals surface area contributed by atoms with Gasteiger partial charge in [-0.1, -0.05) is 0 Å². The number of amides is 1. The van der Waals surface area contributed by atoms with Crippen molar-refractivity contribution in [2.75, 3.05) is 12.4 Å². The van der Waals surface area contributed by atoms with E-state index in [9.17, 15) is 13.2 Å². The Hall–Kier alpha value is -3.08. The number of aromatic nitrogens is 2. The van der Waals surface area contributed by atoms with Crippen molar-refractivity contribution in [3.63, 3.8) is 0 Å². The number of carbonyl (C=O) groups excluding carboxylic acids is 1. The van der Waals surface area contributed by atoms with Crippen LogP contribution >= 0.6 is 11.3 Å². The van der Waals surface area contributed by atoms with Crippen molar-refractivity contribution >= 4 is 43.2 Å². The van der Waals surface area contributed by atoms with E-state index in [1.54, 1.807) is 37.6 Å². The minimum absolute atomic E-state index is 0.162. The Bertz CT molecular complexity index is 1420. The van der Waals surface area contributed by atoms with Gasteiger partial charge in [-0.3, -0.25) is 4.79 Å². The largest absolute Gasteiger partial charge is 0.461 e. The lowest BCUT2D eigenvalue weighted by molar-refractivity contribution is 0.103. The van der Waals surface area contributed by atoms with Gasteiger partial charge >= 0.3 is 0 Å². The number of anilines is 1. The maximum Gasteiger partial charge on any atom is 0.266 e. The number of nitrogens with one attached hydrogen (secondary N) is 1. The van der Waals surface area contributed by atoms with Crippen LogP contribution in [0, 0.1) is 13.8 Å². The van der Waals surface area contributed by atoms with E-state index in [1.165, 1.54) is 27.8 Å². The van der Waals surface area contributed by atoms with Gasteiger partial charge in [-0.05, 0) is 69.7 Å². The molecule has 3 heterocycles. The van der Waals surface area contributed by atoms with E-state index < -0.39 is 10.0 Å². The van der Waals surface area contributed by atoms with Crippen LogP contribution in [0.5, 0.6) is 0 Å². The normalized spacial score (nSPS) is 12.1. The lowest BCUT2D eigenvalue weighted by Crippen LogP contribution is -2.33. The summed E-state index contributed by atoms with van der Waals surface area (Å²) in [7, 11) is -2.04. The number of benzene rings is 1. The minimum Gasteiger partial charge on any atom is -0.461 e. The first-order valence-electron chi connectivity index (χ1n) is 10.3. The van der Waals surface area contributed by atoms with Gasteiger partial charge in [0, 0.05) is 24.2 Å². The van der Waals surface area contributed by atoms with Crippen LogP contribution in [0.25, 0.3) is 21.8 Å². The van der Waals surface area contributed by atoms with Gasteiger partial charge in [0.2, 0.25) is 10.0 Å². The molecule has 4 aromatic rings. The SMILES string of the molecule is Cc1nc(-c2ccco2)nc2sc(C(=O)Nc3ccc(S(=O)(=O)N(C)C(C)C)cc3)c(C)c12. The molecule has 1 amide bonds. The van der Waals surface area contributed by atoms with E-state index in [0.29, 0.717) is 27.0 Å². The molecule has 3 aromatic heterocycles. The Balaban J connectivity index is 1.60. The Morgan fingerprint density at radius 1 is 1.12 bits per heavy atom. The number of aryl methyl sites for hydroxylation is 2. The molecule has 172 valence electrons. The van der Waals surface area contributed by atoms with Crippen LogP contribution in [-0.2, 0) is 10.0 Å². The summed E-state index contributed by atoms with van der Waals surface area (Å²) >= 11 is 1.28. The van der Waals surface area contributed by atoms with Gasteiger partial charge in [-0.15, -0.1) is 11.3 Å². The molecule has 0 saturated heterocycles. The number of hydrogen-bond acceptors (Lipinski definition) is 7. The van der Waals surface area contributed by atoms with Gasteiger partial charge in [0.15, 0.2) is 11.6 Å². The molecule has 0 spiro atoms. The van der Waals surface area contributed by atoms with Gasteiger partial charge in [0.25, 0.3) is 5.91 Å². The van der Waals surface area contributed by atoms with E-state index in [2.05, 4.69) is 15.3 Å². The van der Waals surface area contributed by atoms with Gasteiger partial charge in [-0.25, -0.2) is 18.4 Å². The summed E-state index contributed by atoms with van der Waals surface area (Å²) in [5, 5.41) is 3.69. The molecule has 0 atom stereocenters. The monoisotopic (exact) mass is 484 g/mol. The third-order valence-corrected chi connectivity index (χ3v) is 8.67. The van der Waals surface area contributed by atoms with Gasteiger partial charge in [-0.2, -0.15) is 4.31 Å². The van der Waals surface area contributed by atoms with Crippen molar-refractivity contribution in [3.05, 3.63) is 58.8 Å². The highest BCUT2D eigenvalue weighted by Crippen LogP contribution is 2.33. The number of furan rings is 1. The summed E-state index contributed by atoms with van der Waals surface area (Å²) in [6.07, 6.45) is 1.56. The summed E-state index contributed by atoms with van der Waals surface area (Å²) in [5.41, 5.74) is 2.07. The fourth-order valence-corrected chi connectivity index (χ4v) is 5.91. The molecule has 0 saturated carbocycles. The highest BCUT2D eigenvalue weighted by Gasteiger charge is 2.24. The molecule has 8 nitrogen and oxygen atoms in total. The Labute approximate surface area is 196 Å². The zero-order valence-corrected chi connectivity index (χ0v) is 20.5. The van der Waals surface area contributed by atoms with E-state index in [4.69, 9.17) is 4.42 Å². The number of hydrogen-bond donors (Lipinski definition) is 1. The summed E-state index contributed by atoms with van der Waals surface area (Å²) in [4.78, 5) is 23.5. The van der Waals surface area contributed by atoms with Crippen LogP contribution in [0.2, 0.25) is 0 Å². The number of sulfonamides is 1. The summed E-state index contributed by atoms with van der Waals surface area (Å²) in [5.74, 6) is 0.751. The summed E-state index contributed by atoms with van der Waals surface area (Å²) in [6, 6.07) is 9.56. The molecule has 0 radical (unpaired) electrons. The van der Waals surface area contributed by atoms with Gasteiger partial charge in [0.1, 0.15) is 4.83 Å². The second-order valence-corrected chi connectivity index (χ2v) is 10.9. The van der Waals surface area contributed by atoms with Crippen molar-refractivity contribution in [1.82, 2.24) is 14.3 Å². The van der Waals surface area contributed by atoms with Crippen LogP contribution in [0.15, 0.2) is 52.0 Å². The van der Waals surface area contributed by atoms with Crippen molar-refractivity contribution in [1.29, 1.82) is 0 Å². The third kappa shape index (κ3) is 4.29. The first kappa shape index (κ1) is 23.1. The molecule has 1 aromatic carbocycles. The predicted molar refractivity (Wildman–Crippen MR) is 129 cm³/mol. The smallest absolute Gasteiger partial charge is 0.266 e. The van der Waals surface area contributed by atoms with E-state index in [0.717, 1.165) is 16.6 Å². The van der Waals surface area contributed by atoms with E-state index in [-0.39, 0.29) is 16.8 Å². The van der Waals surface area contributed by atoms with Crippen LogP contribution in [-0.4, -0.2) is 41.7 Å². The molecular weight excluding hydrogens is 460 g/mol. The highest BCUT2D eigenvalue weighted by molar-refractivity contribution is 7.89. The number of thiophene rings is 1. The molecule has 4 rings (SSSR count). The fourth-order valence-electron chi connectivity index (χ4n) is 3.41. The van der Waals surface area contributed by atoms with Crippen molar-refractivity contribution in [3.8, 4) is 11.6 Å². The quantitative estimate of drug-likeness (QED) is 0.419. The van der Waals surface area contributed by atoms with Crippen LogP contribution in [0.1, 0.15) is 34.8 Å². The maximum atomic E-state index is 13.0. The van der Waals surface area contributed by atoms with Crippen molar-refractivity contribution in [2.24, 2.45) is 0 Å². The zero-order chi connectivity index (χ0) is 23.9. The van der Waals surface area contributed by atoms with Crippen LogP contribution < -0.4 is 5.32 Å². The minimum atomic E-state index is -3.59. The summed E-state index contributed by atoms with van der Waals surface area (Å²) < 4.78 is 32.0. The van der Waals surface area contributed by atoms with Crippen molar-refractivity contribution in [2.45, 2.75) is 38.6 Å². The second kappa shape index (κ2) is 8.69. The first-order chi connectivity index (χ1) is 15.6. The standard InChI is InChI=1S/C23H24N4O4S2/c1-13(2)27(5)33(29,30)17-10-8-16(9-11-17)25-22(28)20-14(3)19-15(4)24-21(26-23(19)32-20)18-7-6-12-31-18/h6-13H,1-5H3,(H,25,28). The molecule has 0 aliphatic rings. The molecule has 0 bridgehead atoms. The van der Waals surface area contributed by atoms with Gasteiger partial charge < -0.3 is 9.73 Å². The second-order valence-electron chi connectivity index (χ2n) is 7.94. The Morgan fingerprint density at radius 2 is 1.82 bits per heavy atom.